The molecule has 0 aliphatic rings. The van der Waals surface area contributed by atoms with Crippen molar-refractivity contribution in [3.05, 3.63) is 27.5 Å². The highest BCUT2D eigenvalue weighted by Crippen LogP contribution is 2.42. The molecule has 1 aromatic rings. The number of hydrogen-bond acceptors (Lipinski definition) is 1. The Hall–Kier alpha value is -0.620. The molecular weight excluding hydrogens is 264 g/mol. The normalized spacial score (nSPS) is 12.3. The minimum atomic E-state index is -4.89. The molecule has 1 nitrogen and oxygen atoms in total. The van der Waals surface area contributed by atoms with Gasteiger partial charge in [-0.1, -0.05) is 23.2 Å². The van der Waals surface area contributed by atoms with Crippen LogP contribution in [0, 0.1) is 0 Å². The minimum Gasteiger partial charge on any atom is -0.252 e. The molecule has 0 fully saturated rings. The van der Waals surface area contributed by atoms with E-state index in [2.05, 4.69) is 4.98 Å². The average molecular weight is 266 g/mol. The van der Waals surface area contributed by atoms with Crippen LogP contribution in [0.3, 0.4) is 0 Å². The van der Waals surface area contributed by atoms with E-state index in [-0.39, 0.29) is 0 Å². The Bertz CT molecular complexity index is 376. The Morgan fingerprint density at radius 2 is 1.73 bits per heavy atom. The summed E-state index contributed by atoms with van der Waals surface area (Å²) < 4.78 is 61.3. The molecular formula is C7H2Cl2F5N. The van der Waals surface area contributed by atoms with Crippen molar-refractivity contribution in [2.24, 2.45) is 0 Å². The standard InChI is InChI=1S/C7H2Cl2F5N/c8-2-1-15-5(6(10)11)4(9)3(2)7(12,13)14/h1,6H. The molecule has 1 heterocycles. The van der Waals surface area contributed by atoms with E-state index in [4.69, 9.17) is 23.2 Å². The molecule has 0 aliphatic carbocycles. The average Bonchev–Trinajstić information content (AvgIpc) is 2.00. The summed E-state index contributed by atoms with van der Waals surface area (Å²) in [6, 6.07) is 0. The van der Waals surface area contributed by atoms with E-state index in [1.807, 2.05) is 0 Å². The lowest BCUT2D eigenvalue weighted by atomic mass is 10.2. The highest BCUT2D eigenvalue weighted by Gasteiger charge is 2.38. The molecule has 0 unspecified atom stereocenters. The third kappa shape index (κ3) is 2.49. The van der Waals surface area contributed by atoms with E-state index in [9.17, 15) is 22.0 Å². The van der Waals surface area contributed by atoms with Crippen molar-refractivity contribution in [1.82, 2.24) is 4.98 Å². The van der Waals surface area contributed by atoms with Crippen molar-refractivity contribution in [3.8, 4) is 0 Å². The Labute approximate surface area is 90.8 Å². The Morgan fingerprint density at radius 1 is 1.20 bits per heavy atom. The summed E-state index contributed by atoms with van der Waals surface area (Å²) in [6.45, 7) is 0. The maximum Gasteiger partial charge on any atom is 0.419 e. The predicted octanol–water partition coefficient (Wildman–Crippen LogP) is 4.34. The van der Waals surface area contributed by atoms with E-state index >= 15 is 0 Å². The van der Waals surface area contributed by atoms with E-state index in [1.165, 1.54) is 0 Å². The van der Waals surface area contributed by atoms with Crippen molar-refractivity contribution in [2.45, 2.75) is 12.6 Å². The van der Waals surface area contributed by atoms with Gasteiger partial charge in [0.25, 0.3) is 6.43 Å². The highest BCUT2D eigenvalue weighted by atomic mass is 35.5. The molecule has 0 aliphatic heterocycles. The topological polar surface area (TPSA) is 12.9 Å². The van der Waals surface area contributed by atoms with Gasteiger partial charge in [0.15, 0.2) is 0 Å². The van der Waals surface area contributed by atoms with E-state index in [0.717, 1.165) is 0 Å². The van der Waals surface area contributed by atoms with Crippen LogP contribution in [0.2, 0.25) is 10.0 Å². The van der Waals surface area contributed by atoms with Gasteiger partial charge in [0.2, 0.25) is 0 Å². The number of aromatic nitrogens is 1. The Morgan fingerprint density at radius 3 is 2.13 bits per heavy atom. The first kappa shape index (κ1) is 12.4. The third-order valence-electron chi connectivity index (χ3n) is 1.49. The highest BCUT2D eigenvalue weighted by molar-refractivity contribution is 6.36. The fourth-order valence-corrected chi connectivity index (χ4v) is 1.53. The lowest BCUT2D eigenvalue weighted by molar-refractivity contribution is -0.137. The summed E-state index contributed by atoms with van der Waals surface area (Å²) in [7, 11) is 0. The van der Waals surface area contributed by atoms with Gasteiger partial charge in [-0.25, -0.2) is 8.78 Å². The van der Waals surface area contributed by atoms with Crippen LogP contribution < -0.4 is 0 Å². The van der Waals surface area contributed by atoms with Crippen molar-refractivity contribution in [3.63, 3.8) is 0 Å². The van der Waals surface area contributed by atoms with Crippen LogP contribution >= 0.6 is 23.2 Å². The summed E-state index contributed by atoms with van der Waals surface area (Å²) in [5.74, 6) is 0. The third-order valence-corrected chi connectivity index (χ3v) is 2.16. The smallest absolute Gasteiger partial charge is 0.252 e. The van der Waals surface area contributed by atoms with E-state index in [1.54, 1.807) is 0 Å². The maximum absolute atomic E-state index is 12.3. The zero-order valence-electron chi connectivity index (χ0n) is 6.75. The van der Waals surface area contributed by atoms with Crippen LogP contribution in [0.5, 0.6) is 0 Å². The molecule has 0 bridgehead atoms. The first-order valence-electron chi connectivity index (χ1n) is 3.44. The molecule has 84 valence electrons. The summed E-state index contributed by atoms with van der Waals surface area (Å²) >= 11 is 10.3. The molecule has 1 rings (SSSR count). The predicted molar refractivity (Wildman–Crippen MR) is 44.2 cm³/mol. The number of pyridine rings is 1. The summed E-state index contributed by atoms with van der Waals surface area (Å²) in [5.41, 5.74) is -2.62. The van der Waals surface area contributed by atoms with E-state index < -0.39 is 33.9 Å². The molecule has 8 heteroatoms. The lowest BCUT2D eigenvalue weighted by Crippen LogP contribution is -2.09. The molecule has 0 radical (unpaired) electrons. The SMILES string of the molecule is FC(F)c1ncc(Cl)c(C(F)(F)F)c1Cl. The van der Waals surface area contributed by atoms with Gasteiger partial charge in [0, 0.05) is 6.20 Å². The summed E-state index contributed by atoms with van der Waals surface area (Å²) in [4.78, 5) is 3.04. The minimum absolute atomic E-state index is 0.498. The fourth-order valence-electron chi connectivity index (χ4n) is 0.892. The monoisotopic (exact) mass is 265 g/mol. The van der Waals surface area contributed by atoms with Crippen LogP contribution in [0.1, 0.15) is 17.7 Å². The molecule has 0 N–H and O–H groups in total. The summed E-state index contributed by atoms with van der Waals surface area (Å²) in [6.07, 6.45) is -7.57. The maximum atomic E-state index is 12.3. The van der Waals surface area contributed by atoms with Gasteiger partial charge in [-0.3, -0.25) is 4.98 Å². The first-order chi connectivity index (χ1) is 6.75. The van der Waals surface area contributed by atoms with Crippen molar-refractivity contribution < 1.29 is 22.0 Å². The molecule has 0 atom stereocenters. The van der Waals surface area contributed by atoms with Crippen LogP contribution in [0.4, 0.5) is 22.0 Å². The van der Waals surface area contributed by atoms with Crippen LogP contribution in [0.15, 0.2) is 6.20 Å². The lowest BCUT2D eigenvalue weighted by Gasteiger charge is -2.12. The quantitative estimate of drug-likeness (QED) is 0.689. The molecule has 0 spiro atoms. The van der Waals surface area contributed by atoms with Gasteiger partial charge in [-0.15, -0.1) is 0 Å². The van der Waals surface area contributed by atoms with Crippen LogP contribution in [0.25, 0.3) is 0 Å². The molecule has 0 aromatic carbocycles. The van der Waals surface area contributed by atoms with Crippen molar-refractivity contribution in [2.75, 3.05) is 0 Å². The van der Waals surface area contributed by atoms with Crippen molar-refractivity contribution >= 4 is 23.2 Å². The summed E-state index contributed by atoms with van der Waals surface area (Å²) in [5, 5.41) is -1.97. The van der Waals surface area contributed by atoms with Gasteiger partial charge in [0.1, 0.15) is 5.69 Å². The fraction of sp³-hybridized carbons (Fsp3) is 0.286. The molecule has 1 aromatic heterocycles. The second-order valence-corrected chi connectivity index (χ2v) is 3.26. The van der Waals surface area contributed by atoms with Crippen LogP contribution in [-0.2, 0) is 6.18 Å². The Balaban J connectivity index is 3.44. The van der Waals surface area contributed by atoms with Gasteiger partial charge < -0.3 is 0 Å². The number of nitrogens with zero attached hydrogens (tertiary/aromatic N) is 1. The van der Waals surface area contributed by atoms with E-state index in [0.29, 0.717) is 6.20 Å². The first-order valence-corrected chi connectivity index (χ1v) is 4.20. The second-order valence-electron chi connectivity index (χ2n) is 2.48. The zero-order chi connectivity index (χ0) is 11.8. The van der Waals surface area contributed by atoms with Crippen molar-refractivity contribution in [1.29, 1.82) is 0 Å². The number of rotatable bonds is 1. The van der Waals surface area contributed by atoms with Crippen LogP contribution in [-0.4, -0.2) is 4.98 Å². The van der Waals surface area contributed by atoms with Gasteiger partial charge in [-0.05, 0) is 0 Å². The number of hydrogen-bond donors (Lipinski definition) is 0. The number of alkyl halides is 5. The molecule has 0 saturated carbocycles. The zero-order valence-corrected chi connectivity index (χ0v) is 8.26. The molecule has 0 saturated heterocycles. The Kier molecular flexibility index (Phi) is 3.40. The van der Waals surface area contributed by atoms with Gasteiger partial charge in [0.05, 0.1) is 15.6 Å². The number of halogens is 7. The molecule has 0 amide bonds. The van der Waals surface area contributed by atoms with Gasteiger partial charge in [-0.2, -0.15) is 13.2 Å². The largest absolute Gasteiger partial charge is 0.419 e. The molecule has 15 heavy (non-hydrogen) atoms. The van der Waals surface area contributed by atoms with Gasteiger partial charge >= 0.3 is 6.18 Å². The second kappa shape index (κ2) is 4.09.